The number of benzene rings is 9. The van der Waals surface area contributed by atoms with Crippen LogP contribution in [0.4, 0.5) is 17.1 Å². The van der Waals surface area contributed by atoms with E-state index >= 15 is 0 Å². The first-order valence-electron chi connectivity index (χ1n) is 19.9. The molecule has 0 aliphatic carbocycles. The molecule has 0 saturated carbocycles. The first kappa shape index (κ1) is 33.2. The molecule has 5 heteroatoms. The van der Waals surface area contributed by atoms with Gasteiger partial charge in [0.25, 0.3) is 0 Å². The summed E-state index contributed by atoms with van der Waals surface area (Å²) >= 11 is 5.63. The summed E-state index contributed by atoms with van der Waals surface area (Å²) in [6, 6.07) is 71.9. The highest BCUT2D eigenvalue weighted by Crippen LogP contribution is 2.46. The fourth-order valence-corrected chi connectivity index (χ4v) is 12.7. The van der Waals surface area contributed by atoms with Gasteiger partial charge in [-0.05, 0) is 108 Å². The zero-order chi connectivity index (χ0) is 38.6. The van der Waals surface area contributed by atoms with Gasteiger partial charge in [-0.2, -0.15) is 0 Å². The summed E-state index contributed by atoms with van der Waals surface area (Å²) in [6.45, 7) is 0. The number of hydrogen-bond donors (Lipinski definition) is 0. The maximum absolute atomic E-state index is 2.43. The summed E-state index contributed by atoms with van der Waals surface area (Å²) < 4.78 is 10.3. The van der Waals surface area contributed by atoms with Crippen molar-refractivity contribution in [1.82, 2.24) is 4.57 Å². The quantitative estimate of drug-likeness (QED) is 0.168. The zero-order valence-electron chi connectivity index (χ0n) is 31.6. The van der Waals surface area contributed by atoms with Crippen molar-refractivity contribution in [3.63, 3.8) is 0 Å². The van der Waals surface area contributed by atoms with Crippen molar-refractivity contribution in [3.8, 4) is 16.8 Å². The normalized spacial score (nSPS) is 12.1. The van der Waals surface area contributed by atoms with Gasteiger partial charge in [-0.15, -0.1) is 34.0 Å². The van der Waals surface area contributed by atoms with Gasteiger partial charge >= 0.3 is 0 Å². The summed E-state index contributed by atoms with van der Waals surface area (Å²) in [5.74, 6) is 0. The topological polar surface area (TPSA) is 8.17 Å². The van der Waals surface area contributed by atoms with Crippen molar-refractivity contribution in [2.45, 2.75) is 0 Å². The van der Waals surface area contributed by atoms with Gasteiger partial charge in [0.2, 0.25) is 0 Å². The van der Waals surface area contributed by atoms with E-state index in [0.717, 1.165) is 17.1 Å². The van der Waals surface area contributed by atoms with Crippen LogP contribution in [-0.2, 0) is 0 Å². The lowest BCUT2D eigenvalue weighted by molar-refractivity contribution is 1.18. The highest BCUT2D eigenvalue weighted by molar-refractivity contribution is 7.27. The fraction of sp³-hybridized carbons (Fsp3) is 0. The predicted octanol–water partition coefficient (Wildman–Crippen LogP) is 17.0. The first-order valence-corrected chi connectivity index (χ1v) is 22.4. The molecule has 0 spiro atoms. The van der Waals surface area contributed by atoms with E-state index in [0.29, 0.717) is 0 Å². The van der Waals surface area contributed by atoms with Gasteiger partial charge in [0.15, 0.2) is 0 Å². The summed E-state index contributed by atoms with van der Waals surface area (Å²) in [6.07, 6.45) is 0. The molecular weight excluding hydrogens is 773 g/mol. The SMILES string of the molecule is c1ccc(-n2c3ccc(-c4ccc(N(c5ccc6sc7ccccc7c6c5)c5ccc6sc7ccccc7c6c5)cc4)cc3c3c4sc5ccccc5c4ccc32)cc1. The van der Waals surface area contributed by atoms with Crippen LogP contribution in [0.15, 0.2) is 194 Å². The van der Waals surface area contributed by atoms with E-state index in [-0.39, 0.29) is 0 Å². The molecular formula is C54H32N2S3. The second kappa shape index (κ2) is 12.9. The van der Waals surface area contributed by atoms with Crippen LogP contribution in [0, 0.1) is 0 Å². The predicted molar refractivity (Wildman–Crippen MR) is 260 cm³/mol. The maximum atomic E-state index is 2.43. The molecule has 0 amide bonds. The first-order chi connectivity index (χ1) is 29.2. The van der Waals surface area contributed by atoms with E-state index in [1.54, 1.807) is 0 Å². The number of fused-ring (bicyclic) bond motifs is 13. The van der Waals surface area contributed by atoms with E-state index < -0.39 is 0 Å². The van der Waals surface area contributed by atoms with Crippen LogP contribution in [0.3, 0.4) is 0 Å². The van der Waals surface area contributed by atoms with Gasteiger partial charge in [-0.25, -0.2) is 0 Å². The van der Waals surface area contributed by atoms with Crippen LogP contribution in [0.1, 0.15) is 0 Å². The van der Waals surface area contributed by atoms with Crippen molar-refractivity contribution in [1.29, 1.82) is 0 Å². The minimum absolute atomic E-state index is 1.13. The van der Waals surface area contributed by atoms with Crippen molar-refractivity contribution < 1.29 is 0 Å². The molecule has 0 radical (unpaired) electrons. The molecule has 0 aliphatic heterocycles. The van der Waals surface area contributed by atoms with E-state index in [4.69, 9.17) is 0 Å². The number of hydrogen-bond acceptors (Lipinski definition) is 4. The van der Waals surface area contributed by atoms with Gasteiger partial charge < -0.3 is 9.47 Å². The molecule has 2 nitrogen and oxygen atoms in total. The summed E-state index contributed by atoms with van der Waals surface area (Å²) in [7, 11) is 0. The van der Waals surface area contributed by atoms with Crippen LogP contribution in [-0.4, -0.2) is 4.57 Å². The van der Waals surface area contributed by atoms with Gasteiger partial charge in [0.05, 0.1) is 11.0 Å². The lowest BCUT2D eigenvalue weighted by atomic mass is 10.0. The summed E-state index contributed by atoms with van der Waals surface area (Å²) in [5, 5.41) is 10.4. The molecule has 276 valence electrons. The Kier molecular flexibility index (Phi) is 7.25. The van der Waals surface area contributed by atoms with Crippen LogP contribution in [0.5, 0.6) is 0 Å². The molecule has 0 aliphatic rings. The second-order valence-electron chi connectivity index (χ2n) is 15.3. The lowest BCUT2D eigenvalue weighted by Gasteiger charge is -2.26. The summed E-state index contributed by atoms with van der Waals surface area (Å²) in [5.41, 5.74) is 9.45. The van der Waals surface area contributed by atoms with Crippen LogP contribution in [0.25, 0.3) is 99.1 Å². The number of aromatic nitrogens is 1. The number of para-hydroxylation sites is 1. The largest absolute Gasteiger partial charge is 0.310 e. The molecule has 0 fully saturated rings. The van der Waals surface area contributed by atoms with Crippen LogP contribution in [0.2, 0.25) is 0 Å². The Morgan fingerprint density at radius 3 is 1.47 bits per heavy atom. The minimum atomic E-state index is 1.13. The maximum Gasteiger partial charge on any atom is 0.0555 e. The molecule has 4 aromatic heterocycles. The van der Waals surface area contributed by atoms with E-state index in [1.807, 2.05) is 34.0 Å². The standard InChI is InChI=1S/C54H32N2S3/c1-2-10-35(11-3-1)56-46-26-20-34(30-45(46)53-47(56)27-25-42-39-12-4-9-17-50(39)59-54(42)53)33-18-21-36(22-19-33)55(37-23-28-51-43(31-37)40-13-5-7-15-48(40)57-51)38-24-29-52-44(32-38)41-14-6-8-16-49(41)58-52/h1-32H. The van der Waals surface area contributed by atoms with E-state index in [1.165, 1.54) is 99.1 Å². The fourth-order valence-electron chi connectivity index (χ4n) is 9.28. The van der Waals surface area contributed by atoms with E-state index in [2.05, 4.69) is 204 Å². The number of anilines is 3. The second-order valence-corrected chi connectivity index (χ2v) is 18.5. The Balaban J connectivity index is 0.985. The van der Waals surface area contributed by atoms with Gasteiger partial charge in [0, 0.05) is 94.0 Å². The molecule has 0 unspecified atom stereocenters. The highest BCUT2D eigenvalue weighted by Gasteiger charge is 2.20. The minimum Gasteiger partial charge on any atom is -0.310 e. The Labute approximate surface area is 351 Å². The average molecular weight is 805 g/mol. The third kappa shape index (κ3) is 5.09. The van der Waals surface area contributed by atoms with E-state index in [9.17, 15) is 0 Å². The molecule has 59 heavy (non-hydrogen) atoms. The molecule has 4 heterocycles. The van der Waals surface area contributed by atoms with Crippen LogP contribution >= 0.6 is 34.0 Å². The smallest absolute Gasteiger partial charge is 0.0555 e. The number of nitrogens with zero attached hydrogens (tertiary/aromatic N) is 2. The van der Waals surface area contributed by atoms with Crippen molar-refractivity contribution in [2.75, 3.05) is 4.90 Å². The third-order valence-electron chi connectivity index (χ3n) is 12.0. The van der Waals surface area contributed by atoms with Crippen molar-refractivity contribution in [2.24, 2.45) is 0 Å². The average Bonchev–Trinajstić information content (AvgIpc) is 4.05. The molecule has 13 aromatic rings. The molecule has 0 saturated heterocycles. The Morgan fingerprint density at radius 1 is 0.322 bits per heavy atom. The number of rotatable bonds is 5. The monoisotopic (exact) mass is 804 g/mol. The Hall–Kier alpha value is -6.76. The van der Waals surface area contributed by atoms with Gasteiger partial charge in [-0.1, -0.05) is 97.1 Å². The van der Waals surface area contributed by atoms with Crippen molar-refractivity contribution >= 4 is 133 Å². The van der Waals surface area contributed by atoms with Gasteiger partial charge in [0.1, 0.15) is 0 Å². The van der Waals surface area contributed by atoms with Gasteiger partial charge in [-0.3, -0.25) is 0 Å². The number of thiophene rings is 3. The van der Waals surface area contributed by atoms with Crippen LogP contribution < -0.4 is 4.90 Å². The zero-order valence-corrected chi connectivity index (χ0v) is 34.0. The Morgan fingerprint density at radius 2 is 0.831 bits per heavy atom. The molecule has 0 N–H and O–H groups in total. The summed E-state index contributed by atoms with van der Waals surface area (Å²) in [4.78, 5) is 2.43. The highest BCUT2D eigenvalue weighted by atomic mass is 32.1. The third-order valence-corrected chi connectivity index (χ3v) is 15.5. The Bertz CT molecular complexity index is 3680. The molecule has 13 rings (SSSR count). The molecule has 0 atom stereocenters. The molecule has 0 bridgehead atoms. The molecule has 9 aromatic carbocycles. The lowest BCUT2D eigenvalue weighted by Crippen LogP contribution is -2.09. The van der Waals surface area contributed by atoms with Crippen molar-refractivity contribution in [3.05, 3.63) is 194 Å².